The third-order valence-electron chi connectivity index (χ3n) is 3.52. The van der Waals surface area contributed by atoms with Crippen LogP contribution in [0.3, 0.4) is 0 Å². The first-order chi connectivity index (χ1) is 9.69. The van der Waals surface area contributed by atoms with Gasteiger partial charge >= 0.3 is 0 Å². The molecule has 100 valence electrons. The number of allylic oxidation sites excluding steroid dienone is 2. The lowest BCUT2D eigenvalue weighted by molar-refractivity contribution is 0.0963. The van der Waals surface area contributed by atoms with E-state index >= 15 is 0 Å². The second kappa shape index (κ2) is 4.92. The molecule has 5 heteroatoms. The van der Waals surface area contributed by atoms with Gasteiger partial charge in [0.1, 0.15) is 14.0 Å². The molecule has 1 unspecified atom stereocenters. The fourth-order valence-electron chi connectivity index (χ4n) is 2.44. The molecule has 3 rings (SSSR count). The molecule has 0 saturated heterocycles. The van der Waals surface area contributed by atoms with Crippen molar-refractivity contribution in [2.75, 3.05) is 7.05 Å². The first-order valence-corrected chi connectivity index (χ1v) is 6.63. The second-order valence-electron chi connectivity index (χ2n) is 4.94. The van der Waals surface area contributed by atoms with Gasteiger partial charge in [0.25, 0.3) is 5.91 Å². The van der Waals surface area contributed by atoms with Crippen LogP contribution in [0, 0.1) is 0 Å². The van der Waals surface area contributed by atoms with Crippen LogP contribution in [0.25, 0.3) is 5.70 Å². The molecular weight excluding hydrogens is 249 g/mol. The van der Waals surface area contributed by atoms with Crippen LogP contribution in [-0.2, 0) is 0 Å². The van der Waals surface area contributed by atoms with Gasteiger partial charge in [-0.05, 0) is 23.8 Å². The quantitative estimate of drug-likeness (QED) is 0.770. The normalized spacial score (nSPS) is 19.9. The van der Waals surface area contributed by atoms with Crippen molar-refractivity contribution in [2.45, 2.75) is 6.17 Å². The number of rotatable bonds is 2. The SMILES string of the molecule is BC1=CN2C(c3ccc(C(=O)NC)cc3)=CNC2C=C1. The maximum absolute atomic E-state index is 11.5. The topological polar surface area (TPSA) is 44.4 Å². The Bertz CT molecular complexity index is 631. The maximum Gasteiger partial charge on any atom is 0.251 e. The van der Waals surface area contributed by atoms with Crippen molar-refractivity contribution in [3.63, 3.8) is 0 Å². The fourth-order valence-corrected chi connectivity index (χ4v) is 2.44. The van der Waals surface area contributed by atoms with Crippen LogP contribution in [0.2, 0.25) is 0 Å². The zero-order chi connectivity index (χ0) is 14.1. The highest BCUT2D eigenvalue weighted by Gasteiger charge is 2.24. The van der Waals surface area contributed by atoms with E-state index in [0.29, 0.717) is 5.56 Å². The summed E-state index contributed by atoms with van der Waals surface area (Å²) in [7, 11) is 3.72. The maximum atomic E-state index is 11.5. The first kappa shape index (κ1) is 12.6. The van der Waals surface area contributed by atoms with Crippen molar-refractivity contribution in [1.82, 2.24) is 15.5 Å². The number of fused-ring (bicyclic) bond motifs is 1. The molecule has 0 aromatic heterocycles. The predicted octanol–water partition coefficient (Wildman–Crippen LogP) is 0.620. The Hall–Kier alpha value is -2.43. The van der Waals surface area contributed by atoms with Crippen LogP contribution in [0.5, 0.6) is 0 Å². The standard InChI is InChI=1S/C15H16BN3O/c1-17-15(20)11-4-2-10(3-5-11)13-8-18-14-7-6-12(16)9-19(13)14/h2-9,14,18H,16H2,1H3,(H,17,20). The van der Waals surface area contributed by atoms with Crippen LogP contribution in [0.1, 0.15) is 15.9 Å². The fraction of sp³-hybridized carbons (Fsp3) is 0.133. The van der Waals surface area contributed by atoms with Crippen molar-refractivity contribution >= 4 is 19.5 Å². The molecule has 2 heterocycles. The highest BCUT2D eigenvalue weighted by atomic mass is 16.1. The molecule has 0 spiro atoms. The minimum absolute atomic E-state index is 0.0652. The summed E-state index contributed by atoms with van der Waals surface area (Å²) >= 11 is 0. The number of carbonyl (C=O) groups is 1. The highest BCUT2D eigenvalue weighted by Crippen LogP contribution is 2.28. The Labute approximate surface area is 119 Å². The Morgan fingerprint density at radius 1 is 1.35 bits per heavy atom. The zero-order valence-electron chi connectivity index (χ0n) is 11.6. The van der Waals surface area contributed by atoms with E-state index in [4.69, 9.17) is 0 Å². The molecule has 0 bridgehead atoms. The summed E-state index contributed by atoms with van der Waals surface area (Å²) < 4.78 is 0. The van der Waals surface area contributed by atoms with Gasteiger partial charge < -0.3 is 15.5 Å². The molecule has 0 saturated carbocycles. The van der Waals surface area contributed by atoms with Gasteiger partial charge in [0.15, 0.2) is 0 Å². The molecule has 2 aliphatic heterocycles. The smallest absolute Gasteiger partial charge is 0.251 e. The Kier molecular flexibility index (Phi) is 3.10. The van der Waals surface area contributed by atoms with E-state index in [1.54, 1.807) is 7.05 Å². The van der Waals surface area contributed by atoms with Gasteiger partial charge in [-0.3, -0.25) is 4.79 Å². The molecule has 1 amide bonds. The van der Waals surface area contributed by atoms with Crippen LogP contribution in [0.15, 0.2) is 54.3 Å². The number of hydrogen-bond acceptors (Lipinski definition) is 3. The number of amides is 1. The second-order valence-corrected chi connectivity index (χ2v) is 4.94. The van der Waals surface area contributed by atoms with Gasteiger partial charge in [0, 0.05) is 25.0 Å². The molecule has 2 N–H and O–H groups in total. The average molecular weight is 265 g/mol. The Morgan fingerprint density at radius 3 is 2.80 bits per heavy atom. The van der Waals surface area contributed by atoms with E-state index in [1.165, 1.54) is 5.47 Å². The third-order valence-corrected chi connectivity index (χ3v) is 3.52. The average Bonchev–Trinajstić information content (AvgIpc) is 2.89. The monoisotopic (exact) mass is 265 g/mol. The van der Waals surface area contributed by atoms with E-state index in [9.17, 15) is 4.79 Å². The Balaban J connectivity index is 1.87. The summed E-state index contributed by atoms with van der Waals surface area (Å²) in [4.78, 5) is 13.7. The summed E-state index contributed by atoms with van der Waals surface area (Å²) in [6, 6.07) is 7.64. The van der Waals surface area contributed by atoms with Crippen LogP contribution in [-0.4, -0.2) is 31.9 Å². The molecule has 2 aliphatic rings. The van der Waals surface area contributed by atoms with E-state index in [2.05, 4.69) is 41.7 Å². The van der Waals surface area contributed by atoms with E-state index in [1.807, 2.05) is 30.5 Å². The largest absolute Gasteiger partial charge is 0.366 e. The minimum Gasteiger partial charge on any atom is -0.366 e. The molecule has 1 aromatic carbocycles. The number of nitrogens with one attached hydrogen (secondary N) is 2. The predicted molar refractivity (Wildman–Crippen MR) is 82.3 cm³/mol. The van der Waals surface area contributed by atoms with Crippen molar-refractivity contribution < 1.29 is 4.79 Å². The molecule has 4 nitrogen and oxygen atoms in total. The van der Waals surface area contributed by atoms with Gasteiger partial charge in [-0.25, -0.2) is 0 Å². The summed E-state index contributed by atoms with van der Waals surface area (Å²) in [5.74, 6) is -0.0652. The summed E-state index contributed by atoms with van der Waals surface area (Å²) in [5.41, 5.74) is 4.09. The van der Waals surface area contributed by atoms with Crippen molar-refractivity contribution in [1.29, 1.82) is 0 Å². The summed E-state index contributed by atoms with van der Waals surface area (Å²) in [6.45, 7) is 0. The minimum atomic E-state index is -0.0652. The highest BCUT2D eigenvalue weighted by molar-refractivity contribution is 6.23. The zero-order valence-corrected chi connectivity index (χ0v) is 11.6. The molecule has 1 aromatic rings. The Morgan fingerprint density at radius 2 is 2.10 bits per heavy atom. The van der Waals surface area contributed by atoms with Gasteiger partial charge in [-0.1, -0.05) is 23.7 Å². The number of benzene rings is 1. The summed E-state index contributed by atoms with van der Waals surface area (Å²) in [6.07, 6.45) is 8.58. The lowest BCUT2D eigenvalue weighted by atomic mass is 9.94. The number of nitrogens with zero attached hydrogens (tertiary/aromatic N) is 1. The van der Waals surface area contributed by atoms with E-state index < -0.39 is 0 Å². The lowest BCUT2D eigenvalue weighted by Crippen LogP contribution is -2.33. The van der Waals surface area contributed by atoms with Gasteiger partial charge in [0.2, 0.25) is 0 Å². The van der Waals surface area contributed by atoms with Crippen LogP contribution >= 0.6 is 0 Å². The van der Waals surface area contributed by atoms with Gasteiger partial charge in [-0.15, -0.1) is 0 Å². The van der Waals surface area contributed by atoms with Crippen molar-refractivity contribution in [2.24, 2.45) is 0 Å². The first-order valence-electron chi connectivity index (χ1n) is 6.63. The number of hydrogen-bond donors (Lipinski definition) is 2. The van der Waals surface area contributed by atoms with Gasteiger partial charge in [-0.2, -0.15) is 0 Å². The molecule has 1 atom stereocenters. The van der Waals surface area contributed by atoms with Crippen molar-refractivity contribution in [3.8, 4) is 0 Å². The van der Waals surface area contributed by atoms with Crippen molar-refractivity contribution in [3.05, 3.63) is 65.4 Å². The third kappa shape index (κ3) is 2.11. The molecule has 0 fully saturated rings. The van der Waals surface area contributed by atoms with E-state index in [-0.39, 0.29) is 12.1 Å². The van der Waals surface area contributed by atoms with Crippen LogP contribution < -0.4 is 10.6 Å². The number of carbonyl (C=O) groups excluding carboxylic acids is 1. The van der Waals surface area contributed by atoms with Crippen LogP contribution in [0.4, 0.5) is 0 Å². The summed E-state index contributed by atoms with van der Waals surface area (Å²) in [5, 5.41) is 5.96. The lowest BCUT2D eigenvalue weighted by Gasteiger charge is -2.27. The molecule has 0 radical (unpaired) electrons. The van der Waals surface area contributed by atoms with E-state index in [0.717, 1.165) is 11.3 Å². The molecular formula is C15H16BN3O. The molecule has 0 aliphatic carbocycles. The molecule has 20 heavy (non-hydrogen) atoms. The van der Waals surface area contributed by atoms with Gasteiger partial charge in [0.05, 0.1) is 5.70 Å².